The van der Waals surface area contributed by atoms with Crippen LogP contribution in [-0.4, -0.2) is 26.1 Å². The van der Waals surface area contributed by atoms with E-state index in [0.29, 0.717) is 17.1 Å². The van der Waals surface area contributed by atoms with E-state index in [1.54, 1.807) is 41.4 Å². The first kappa shape index (κ1) is 11.2. The van der Waals surface area contributed by atoms with Gasteiger partial charge in [0.25, 0.3) is 0 Å². The Morgan fingerprint density at radius 3 is 2.63 bits per heavy atom. The minimum absolute atomic E-state index is 0.225. The Morgan fingerprint density at radius 2 is 2.00 bits per heavy atom. The molecule has 1 N–H and O–H groups in total. The molecule has 94 valence electrons. The van der Waals surface area contributed by atoms with E-state index in [-0.39, 0.29) is 5.56 Å². The van der Waals surface area contributed by atoms with Gasteiger partial charge in [-0.3, -0.25) is 0 Å². The molecule has 2 aromatic heterocycles. The van der Waals surface area contributed by atoms with E-state index in [0.717, 1.165) is 0 Å². The number of aromatic nitrogens is 3. The Labute approximate surface area is 107 Å². The van der Waals surface area contributed by atoms with Gasteiger partial charge in [0, 0.05) is 0 Å². The van der Waals surface area contributed by atoms with Gasteiger partial charge >= 0.3 is 5.97 Å². The Bertz CT molecular complexity index is 699. The molecule has 0 aliphatic carbocycles. The molecule has 6 nitrogen and oxygen atoms in total. The van der Waals surface area contributed by atoms with Gasteiger partial charge in [0.15, 0.2) is 5.76 Å². The number of carbonyl (C=O) groups is 1. The van der Waals surface area contributed by atoms with E-state index in [1.807, 2.05) is 0 Å². The highest BCUT2D eigenvalue weighted by Crippen LogP contribution is 2.21. The molecule has 0 saturated carbocycles. The summed E-state index contributed by atoms with van der Waals surface area (Å²) in [6.07, 6.45) is 3.16. The number of hydrogen-bond donors (Lipinski definition) is 1. The first-order valence-corrected chi connectivity index (χ1v) is 5.54. The highest BCUT2D eigenvalue weighted by Gasteiger charge is 2.11. The minimum Gasteiger partial charge on any atom is -0.478 e. The Balaban J connectivity index is 2.03. The normalized spacial score (nSPS) is 10.5. The van der Waals surface area contributed by atoms with Crippen molar-refractivity contribution in [3.8, 4) is 17.1 Å². The number of aromatic carboxylic acids is 1. The van der Waals surface area contributed by atoms with Crippen molar-refractivity contribution in [1.82, 2.24) is 15.0 Å². The van der Waals surface area contributed by atoms with Crippen molar-refractivity contribution in [2.45, 2.75) is 0 Å². The molecule has 0 saturated heterocycles. The zero-order valence-corrected chi connectivity index (χ0v) is 9.72. The zero-order chi connectivity index (χ0) is 13.2. The lowest BCUT2D eigenvalue weighted by molar-refractivity contribution is 0.0697. The average Bonchev–Trinajstić information content (AvgIpc) is 3.09. The smallest absolute Gasteiger partial charge is 0.335 e. The molecule has 0 atom stereocenters. The zero-order valence-electron chi connectivity index (χ0n) is 9.72. The lowest BCUT2D eigenvalue weighted by Crippen LogP contribution is -2.01. The van der Waals surface area contributed by atoms with Crippen molar-refractivity contribution in [3.05, 3.63) is 54.4 Å². The molecule has 0 bridgehead atoms. The third-order valence-corrected chi connectivity index (χ3v) is 2.68. The number of rotatable bonds is 3. The van der Waals surface area contributed by atoms with E-state index in [9.17, 15) is 4.79 Å². The molecule has 0 radical (unpaired) electrons. The predicted octanol–water partition coefficient (Wildman–Crippen LogP) is 2.23. The van der Waals surface area contributed by atoms with E-state index in [1.165, 1.54) is 12.1 Å². The van der Waals surface area contributed by atoms with Gasteiger partial charge in [0.2, 0.25) is 0 Å². The molecule has 3 aromatic rings. The third-order valence-electron chi connectivity index (χ3n) is 2.68. The van der Waals surface area contributed by atoms with Crippen LogP contribution < -0.4 is 0 Å². The first-order chi connectivity index (χ1) is 9.25. The summed E-state index contributed by atoms with van der Waals surface area (Å²) in [5.41, 5.74) is 1.64. The lowest BCUT2D eigenvalue weighted by atomic mass is 10.2. The highest BCUT2D eigenvalue weighted by molar-refractivity contribution is 5.87. The fraction of sp³-hybridized carbons (Fsp3) is 0. The summed E-state index contributed by atoms with van der Waals surface area (Å²) >= 11 is 0. The fourth-order valence-corrected chi connectivity index (χ4v) is 1.76. The number of carboxylic acids is 1. The van der Waals surface area contributed by atoms with Crippen LogP contribution in [0.25, 0.3) is 17.1 Å². The van der Waals surface area contributed by atoms with Crippen LogP contribution in [0.15, 0.2) is 53.3 Å². The molecular formula is C13H9N3O3. The molecule has 0 unspecified atom stereocenters. The summed E-state index contributed by atoms with van der Waals surface area (Å²) in [5.74, 6) is -0.316. The van der Waals surface area contributed by atoms with Crippen molar-refractivity contribution >= 4 is 5.97 Å². The van der Waals surface area contributed by atoms with Gasteiger partial charge in [-0.2, -0.15) is 0 Å². The lowest BCUT2D eigenvalue weighted by Gasteiger charge is -2.04. The van der Waals surface area contributed by atoms with Crippen molar-refractivity contribution in [1.29, 1.82) is 0 Å². The van der Waals surface area contributed by atoms with Crippen LogP contribution in [0.2, 0.25) is 0 Å². The summed E-state index contributed by atoms with van der Waals surface area (Å²) < 4.78 is 6.89. The summed E-state index contributed by atoms with van der Waals surface area (Å²) in [7, 11) is 0. The number of carboxylic acid groups (broad SMARTS) is 1. The quantitative estimate of drug-likeness (QED) is 0.776. The van der Waals surface area contributed by atoms with Gasteiger partial charge in [-0.15, -0.1) is 5.10 Å². The Hall–Kier alpha value is -2.89. The standard InChI is InChI=1S/C13H9N3O3/c17-13(18)9-3-5-10(6-4-9)16-11(8-14-15-16)12-2-1-7-19-12/h1-8H,(H,17,18). The monoisotopic (exact) mass is 255 g/mol. The Morgan fingerprint density at radius 1 is 1.21 bits per heavy atom. The van der Waals surface area contributed by atoms with Crippen molar-refractivity contribution < 1.29 is 14.3 Å². The first-order valence-electron chi connectivity index (χ1n) is 5.54. The molecule has 3 rings (SSSR count). The largest absolute Gasteiger partial charge is 0.478 e. The molecule has 0 spiro atoms. The maximum absolute atomic E-state index is 10.8. The molecule has 0 amide bonds. The Kier molecular flexibility index (Phi) is 2.60. The maximum atomic E-state index is 10.8. The molecule has 0 aliphatic heterocycles. The van der Waals surface area contributed by atoms with Gasteiger partial charge in [0.1, 0.15) is 5.69 Å². The predicted molar refractivity (Wildman–Crippen MR) is 66.0 cm³/mol. The van der Waals surface area contributed by atoms with Crippen LogP contribution in [0.4, 0.5) is 0 Å². The van der Waals surface area contributed by atoms with E-state index >= 15 is 0 Å². The van der Waals surface area contributed by atoms with Gasteiger partial charge < -0.3 is 9.52 Å². The van der Waals surface area contributed by atoms with Crippen LogP contribution in [0.3, 0.4) is 0 Å². The van der Waals surface area contributed by atoms with Crippen LogP contribution in [0.1, 0.15) is 10.4 Å². The van der Waals surface area contributed by atoms with E-state index in [4.69, 9.17) is 9.52 Å². The molecule has 0 fully saturated rings. The van der Waals surface area contributed by atoms with E-state index < -0.39 is 5.97 Å². The topological polar surface area (TPSA) is 81.1 Å². The molecule has 0 aliphatic rings. The molecule has 2 heterocycles. The van der Waals surface area contributed by atoms with E-state index in [2.05, 4.69) is 10.3 Å². The van der Waals surface area contributed by atoms with Crippen LogP contribution in [-0.2, 0) is 0 Å². The van der Waals surface area contributed by atoms with Crippen LogP contribution in [0, 0.1) is 0 Å². The van der Waals surface area contributed by atoms with Crippen molar-refractivity contribution in [2.75, 3.05) is 0 Å². The number of nitrogens with zero attached hydrogens (tertiary/aromatic N) is 3. The van der Waals surface area contributed by atoms with Crippen LogP contribution in [0.5, 0.6) is 0 Å². The minimum atomic E-state index is -0.962. The summed E-state index contributed by atoms with van der Waals surface area (Å²) in [4.78, 5) is 10.8. The second-order valence-corrected chi connectivity index (χ2v) is 3.86. The third kappa shape index (κ3) is 1.99. The van der Waals surface area contributed by atoms with Gasteiger partial charge in [0.05, 0.1) is 23.7 Å². The summed E-state index contributed by atoms with van der Waals surface area (Å²) in [5, 5.41) is 16.7. The summed E-state index contributed by atoms with van der Waals surface area (Å²) in [6, 6.07) is 9.96. The number of hydrogen-bond acceptors (Lipinski definition) is 4. The second-order valence-electron chi connectivity index (χ2n) is 3.86. The molecule has 1 aromatic carbocycles. The number of benzene rings is 1. The average molecular weight is 255 g/mol. The second kappa shape index (κ2) is 4.41. The van der Waals surface area contributed by atoms with Crippen molar-refractivity contribution in [2.24, 2.45) is 0 Å². The van der Waals surface area contributed by atoms with Gasteiger partial charge in [-0.25, -0.2) is 9.48 Å². The van der Waals surface area contributed by atoms with Gasteiger partial charge in [-0.1, -0.05) is 5.21 Å². The maximum Gasteiger partial charge on any atom is 0.335 e. The fourth-order valence-electron chi connectivity index (χ4n) is 1.76. The summed E-state index contributed by atoms with van der Waals surface area (Å²) in [6.45, 7) is 0. The molecule has 19 heavy (non-hydrogen) atoms. The molecule has 6 heteroatoms. The highest BCUT2D eigenvalue weighted by atomic mass is 16.4. The SMILES string of the molecule is O=C(O)c1ccc(-n2nncc2-c2ccco2)cc1. The van der Waals surface area contributed by atoms with Crippen molar-refractivity contribution in [3.63, 3.8) is 0 Å². The van der Waals surface area contributed by atoms with Gasteiger partial charge in [-0.05, 0) is 36.4 Å². The molecular weight excluding hydrogens is 246 g/mol. The van der Waals surface area contributed by atoms with Crippen LogP contribution >= 0.6 is 0 Å². The number of furan rings is 1.